The van der Waals surface area contributed by atoms with Gasteiger partial charge in [0.15, 0.2) is 0 Å². The van der Waals surface area contributed by atoms with E-state index in [1.165, 1.54) is 6.07 Å². The van der Waals surface area contributed by atoms with Crippen molar-refractivity contribution in [1.82, 2.24) is 0 Å². The molecule has 1 aliphatic rings. The molecule has 24 heavy (non-hydrogen) atoms. The Kier molecular flexibility index (Phi) is 4.36. The molecule has 0 saturated heterocycles. The molecule has 1 aliphatic heterocycles. The maximum atomic E-state index is 12.5. The van der Waals surface area contributed by atoms with Gasteiger partial charge in [0.1, 0.15) is 0 Å². The number of carbonyl (C=O) groups excluding carboxylic acids is 1. The van der Waals surface area contributed by atoms with Gasteiger partial charge in [-0.2, -0.15) is 0 Å². The highest BCUT2D eigenvalue weighted by atomic mass is 16.5. The Labute approximate surface area is 140 Å². The van der Waals surface area contributed by atoms with E-state index >= 15 is 0 Å². The van der Waals surface area contributed by atoms with Crippen molar-refractivity contribution in [3.63, 3.8) is 0 Å². The summed E-state index contributed by atoms with van der Waals surface area (Å²) >= 11 is 0. The molecule has 124 valence electrons. The smallest absolute Gasteiger partial charge is 0.336 e. The molecule has 3 rings (SSSR count). The maximum absolute atomic E-state index is 12.5. The van der Waals surface area contributed by atoms with Gasteiger partial charge in [0.2, 0.25) is 0 Å². The van der Waals surface area contributed by atoms with Crippen LogP contribution in [0.15, 0.2) is 30.3 Å². The molecular weight excluding hydrogens is 306 g/mol. The van der Waals surface area contributed by atoms with Crippen LogP contribution in [0.3, 0.4) is 0 Å². The number of hydrogen-bond acceptors (Lipinski definition) is 3. The number of amides is 1. The van der Waals surface area contributed by atoms with Crippen molar-refractivity contribution >= 4 is 17.6 Å². The zero-order chi connectivity index (χ0) is 17.3. The lowest BCUT2D eigenvalue weighted by Crippen LogP contribution is -2.16. The average Bonchev–Trinajstić information content (AvgIpc) is 2.56. The number of hydrogen-bond donors (Lipinski definition) is 2. The molecule has 0 spiro atoms. The van der Waals surface area contributed by atoms with Crippen LogP contribution >= 0.6 is 0 Å². The van der Waals surface area contributed by atoms with Gasteiger partial charge in [0, 0.05) is 11.3 Å². The lowest BCUT2D eigenvalue weighted by atomic mass is 9.99. The second kappa shape index (κ2) is 6.45. The van der Waals surface area contributed by atoms with Crippen LogP contribution in [-0.2, 0) is 17.8 Å². The third-order valence-electron chi connectivity index (χ3n) is 4.29. The van der Waals surface area contributed by atoms with E-state index in [1.807, 2.05) is 19.1 Å². The molecular formula is C19H19NO4. The molecule has 0 fully saturated rings. The van der Waals surface area contributed by atoms with Crippen LogP contribution in [0.1, 0.15) is 43.0 Å². The van der Waals surface area contributed by atoms with E-state index in [4.69, 9.17) is 4.74 Å². The van der Waals surface area contributed by atoms with Gasteiger partial charge in [-0.3, -0.25) is 4.79 Å². The second-order valence-corrected chi connectivity index (χ2v) is 6.03. The summed E-state index contributed by atoms with van der Waals surface area (Å²) in [5.74, 6) is -1.25. The molecule has 1 heterocycles. The topological polar surface area (TPSA) is 75.6 Å². The monoisotopic (exact) mass is 325 g/mol. The first kappa shape index (κ1) is 16.2. The van der Waals surface area contributed by atoms with Crippen LogP contribution in [-0.4, -0.2) is 23.6 Å². The summed E-state index contributed by atoms with van der Waals surface area (Å²) in [6.07, 6.45) is 0.795. The zero-order valence-corrected chi connectivity index (χ0v) is 13.7. The van der Waals surface area contributed by atoms with Crippen LogP contribution in [0.4, 0.5) is 5.69 Å². The van der Waals surface area contributed by atoms with Crippen LogP contribution in [0.25, 0.3) is 0 Å². The highest BCUT2D eigenvalue weighted by molar-refractivity contribution is 6.05. The normalized spacial score (nSPS) is 13.2. The van der Waals surface area contributed by atoms with E-state index in [0.29, 0.717) is 30.0 Å². The molecule has 2 aromatic rings. The van der Waals surface area contributed by atoms with Gasteiger partial charge in [-0.1, -0.05) is 12.1 Å². The average molecular weight is 325 g/mol. The molecule has 0 aliphatic carbocycles. The molecule has 0 radical (unpaired) electrons. The standard InChI is InChI=1S/C19H19NO4/c1-11-7-12(2)17(9-16(11)19(22)23)20-18(21)14-3-4-15-10-24-6-5-13(15)8-14/h3-4,7-9H,5-6,10H2,1-2H3,(H,20,21)(H,22,23). The Morgan fingerprint density at radius 2 is 1.88 bits per heavy atom. The lowest BCUT2D eigenvalue weighted by molar-refractivity contribution is 0.0695. The van der Waals surface area contributed by atoms with Gasteiger partial charge in [0.25, 0.3) is 5.91 Å². The van der Waals surface area contributed by atoms with Gasteiger partial charge < -0.3 is 15.2 Å². The highest BCUT2D eigenvalue weighted by Gasteiger charge is 2.16. The largest absolute Gasteiger partial charge is 0.478 e. The predicted molar refractivity (Wildman–Crippen MR) is 90.6 cm³/mol. The molecule has 5 nitrogen and oxygen atoms in total. The number of benzene rings is 2. The van der Waals surface area contributed by atoms with E-state index in [1.54, 1.807) is 19.1 Å². The van der Waals surface area contributed by atoms with E-state index in [9.17, 15) is 14.7 Å². The third-order valence-corrected chi connectivity index (χ3v) is 4.29. The summed E-state index contributed by atoms with van der Waals surface area (Å²) in [6.45, 7) is 4.83. The van der Waals surface area contributed by atoms with Gasteiger partial charge in [-0.15, -0.1) is 0 Å². The number of fused-ring (bicyclic) bond motifs is 1. The van der Waals surface area contributed by atoms with Crippen molar-refractivity contribution in [2.24, 2.45) is 0 Å². The number of rotatable bonds is 3. The van der Waals surface area contributed by atoms with Crippen molar-refractivity contribution in [2.45, 2.75) is 26.9 Å². The lowest BCUT2D eigenvalue weighted by Gasteiger charge is -2.17. The number of carbonyl (C=O) groups is 2. The Balaban J connectivity index is 1.87. The fourth-order valence-electron chi connectivity index (χ4n) is 2.92. The van der Waals surface area contributed by atoms with Gasteiger partial charge >= 0.3 is 5.97 Å². The van der Waals surface area contributed by atoms with Crippen molar-refractivity contribution in [3.8, 4) is 0 Å². The molecule has 1 amide bonds. The molecule has 0 saturated carbocycles. The van der Waals surface area contributed by atoms with Gasteiger partial charge in [-0.25, -0.2) is 4.79 Å². The predicted octanol–water partition coefficient (Wildman–Crippen LogP) is 3.33. The SMILES string of the molecule is Cc1cc(C)c(C(=O)O)cc1NC(=O)c1ccc2c(c1)CCOC2. The van der Waals surface area contributed by atoms with Gasteiger partial charge in [-0.05, 0) is 60.7 Å². The number of carboxylic acid groups (broad SMARTS) is 1. The number of nitrogens with one attached hydrogen (secondary N) is 1. The Morgan fingerprint density at radius 1 is 1.08 bits per heavy atom. The van der Waals surface area contributed by atoms with Crippen molar-refractivity contribution in [1.29, 1.82) is 0 Å². The first-order valence-electron chi connectivity index (χ1n) is 7.81. The highest BCUT2D eigenvalue weighted by Crippen LogP contribution is 2.23. The van der Waals surface area contributed by atoms with E-state index < -0.39 is 5.97 Å². The maximum Gasteiger partial charge on any atom is 0.336 e. The van der Waals surface area contributed by atoms with Crippen LogP contribution < -0.4 is 5.32 Å². The first-order chi connectivity index (χ1) is 11.5. The number of ether oxygens (including phenoxy) is 1. The minimum atomic E-state index is -1.00. The van der Waals surface area contributed by atoms with Crippen molar-refractivity contribution in [2.75, 3.05) is 11.9 Å². The Bertz CT molecular complexity index is 826. The summed E-state index contributed by atoms with van der Waals surface area (Å²) in [5, 5.41) is 12.1. The Hall–Kier alpha value is -2.66. The summed E-state index contributed by atoms with van der Waals surface area (Å²) in [7, 11) is 0. The summed E-state index contributed by atoms with van der Waals surface area (Å²) in [5.41, 5.74) is 5.01. The minimum Gasteiger partial charge on any atom is -0.478 e. The molecule has 0 unspecified atom stereocenters. The van der Waals surface area contributed by atoms with Crippen molar-refractivity contribution in [3.05, 3.63) is 63.7 Å². The number of anilines is 1. The first-order valence-corrected chi connectivity index (χ1v) is 7.81. The minimum absolute atomic E-state index is 0.193. The molecule has 0 atom stereocenters. The third kappa shape index (κ3) is 3.16. The fraction of sp³-hybridized carbons (Fsp3) is 0.263. The van der Waals surface area contributed by atoms with Crippen molar-refractivity contribution < 1.29 is 19.4 Å². The van der Waals surface area contributed by atoms with Crippen LogP contribution in [0.2, 0.25) is 0 Å². The van der Waals surface area contributed by atoms with E-state index in [-0.39, 0.29) is 11.5 Å². The molecule has 5 heteroatoms. The number of aromatic carboxylic acids is 1. The molecule has 2 N–H and O–H groups in total. The molecule has 0 bridgehead atoms. The number of aryl methyl sites for hydroxylation is 2. The molecule has 2 aromatic carbocycles. The number of carboxylic acids is 1. The van der Waals surface area contributed by atoms with E-state index in [0.717, 1.165) is 23.1 Å². The second-order valence-electron chi connectivity index (χ2n) is 6.03. The molecule has 0 aromatic heterocycles. The van der Waals surface area contributed by atoms with Crippen LogP contribution in [0.5, 0.6) is 0 Å². The van der Waals surface area contributed by atoms with E-state index in [2.05, 4.69) is 5.32 Å². The fourth-order valence-corrected chi connectivity index (χ4v) is 2.92. The summed E-state index contributed by atoms with van der Waals surface area (Å²) < 4.78 is 5.40. The summed E-state index contributed by atoms with van der Waals surface area (Å²) in [6, 6.07) is 8.84. The van der Waals surface area contributed by atoms with Gasteiger partial charge in [0.05, 0.1) is 18.8 Å². The zero-order valence-electron chi connectivity index (χ0n) is 13.7. The Morgan fingerprint density at radius 3 is 2.62 bits per heavy atom. The van der Waals surface area contributed by atoms with Crippen LogP contribution in [0, 0.1) is 13.8 Å². The summed E-state index contributed by atoms with van der Waals surface area (Å²) in [4.78, 5) is 23.8. The quantitative estimate of drug-likeness (QED) is 0.907.